The van der Waals surface area contributed by atoms with Crippen molar-refractivity contribution in [3.05, 3.63) is 64.1 Å². The minimum Gasteiger partial charge on any atom is -0.350 e. The van der Waals surface area contributed by atoms with Gasteiger partial charge < -0.3 is 4.90 Å². The molecule has 2 aromatic rings. The number of nitro groups is 1. The molecule has 2 rings (SSSR count). The summed E-state index contributed by atoms with van der Waals surface area (Å²) < 4.78 is 13.1. The van der Waals surface area contributed by atoms with Gasteiger partial charge in [-0.3, -0.25) is 10.1 Å². The van der Waals surface area contributed by atoms with Gasteiger partial charge in [-0.2, -0.15) is 0 Å². The zero-order chi connectivity index (χ0) is 13.8. The molecule has 0 amide bonds. The van der Waals surface area contributed by atoms with Crippen molar-refractivity contribution >= 4 is 11.5 Å². The number of hydrogen-bond donors (Lipinski definition) is 0. The molecule has 0 unspecified atom stereocenters. The first kappa shape index (κ1) is 12.9. The van der Waals surface area contributed by atoms with Gasteiger partial charge in [0.1, 0.15) is 5.82 Å². The minimum atomic E-state index is -0.482. The quantitative estimate of drug-likeness (QED) is 0.627. The molecule has 1 heterocycles. The number of aromatic nitrogens is 1. The molecule has 98 valence electrons. The Morgan fingerprint density at radius 3 is 2.84 bits per heavy atom. The van der Waals surface area contributed by atoms with Gasteiger partial charge in [0.05, 0.1) is 4.92 Å². The van der Waals surface area contributed by atoms with Gasteiger partial charge in [-0.1, -0.05) is 12.1 Å². The van der Waals surface area contributed by atoms with Crippen LogP contribution in [0.5, 0.6) is 0 Å². The number of halogens is 1. The summed E-state index contributed by atoms with van der Waals surface area (Å²) in [7, 11) is 1.68. The van der Waals surface area contributed by atoms with Crippen molar-refractivity contribution < 1.29 is 9.31 Å². The van der Waals surface area contributed by atoms with E-state index in [2.05, 4.69) is 4.98 Å². The van der Waals surface area contributed by atoms with E-state index in [-0.39, 0.29) is 17.3 Å². The van der Waals surface area contributed by atoms with Crippen LogP contribution in [0.15, 0.2) is 42.6 Å². The average Bonchev–Trinajstić information content (AvgIpc) is 2.38. The molecule has 1 aromatic heterocycles. The van der Waals surface area contributed by atoms with Crippen molar-refractivity contribution in [2.75, 3.05) is 11.9 Å². The number of nitrogens with zero attached hydrogens (tertiary/aromatic N) is 3. The van der Waals surface area contributed by atoms with E-state index in [0.29, 0.717) is 6.54 Å². The van der Waals surface area contributed by atoms with E-state index < -0.39 is 4.92 Å². The van der Waals surface area contributed by atoms with E-state index in [9.17, 15) is 14.5 Å². The molecule has 0 aliphatic heterocycles. The van der Waals surface area contributed by atoms with Crippen LogP contribution in [0.4, 0.5) is 15.9 Å². The van der Waals surface area contributed by atoms with Crippen LogP contribution in [-0.4, -0.2) is 17.0 Å². The Morgan fingerprint density at radius 1 is 1.37 bits per heavy atom. The Morgan fingerprint density at radius 2 is 2.16 bits per heavy atom. The first-order chi connectivity index (χ1) is 9.08. The van der Waals surface area contributed by atoms with Crippen molar-refractivity contribution in [2.45, 2.75) is 6.54 Å². The minimum absolute atomic E-state index is 0.0681. The van der Waals surface area contributed by atoms with Crippen molar-refractivity contribution in [3.63, 3.8) is 0 Å². The van der Waals surface area contributed by atoms with E-state index in [1.54, 1.807) is 24.1 Å². The van der Waals surface area contributed by atoms with Crippen molar-refractivity contribution in [2.24, 2.45) is 0 Å². The summed E-state index contributed by atoms with van der Waals surface area (Å²) in [6, 6.07) is 9.01. The lowest BCUT2D eigenvalue weighted by molar-refractivity contribution is -0.384. The molecule has 0 radical (unpaired) electrons. The van der Waals surface area contributed by atoms with Gasteiger partial charge in [0, 0.05) is 25.9 Å². The molecule has 0 saturated heterocycles. The third-order valence-electron chi connectivity index (χ3n) is 2.63. The fourth-order valence-electron chi connectivity index (χ4n) is 1.81. The molecule has 5 nitrogen and oxygen atoms in total. The highest BCUT2D eigenvalue weighted by molar-refractivity contribution is 5.56. The lowest BCUT2D eigenvalue weighted by Gasteiger charge is -2.17. The van der Waals surface area contributed by atoms with E-state index in [0.717, 1.165) is 5.56 Å². The second-order valence-corrected chi connectivity index (χ2v) is 4.09. The molecular formula is C13H12FN3O2. The van der Waals surface area contributed by atoms with Crippen LogP contribution < -0.4 is 4.90 Å². The number of anilines is 1. The first-order valence-electron chi connectivity index (χ1n) is 5.63. The molecule has 19 heavy (non-hydrogen) atoms. The van der Waals surface area contributed by atoms with Crippen LogP contribution in [0.2, 0.25) is 0 Å². The molecule has 0 bridgehead atoms. The van der Waals surface area contributed by atoms with Gasteiger partial charge in [0.15, 0.2) is 0 Å². The van der Waals surface area contributed by atoms with Crippen LogP contribution in [0.25, 0.3) is 0 Å². The number of pyridine rings is 1. The fraction of sp³-hybridized carbons (Fsp3) is 0.154. The molecule has 0 aliphatic carbocycles. The SMILES string of the molecule is CN(Cc1cccc(F)c1)c1ncccc1[N+](=O)[O-]. The highest BCUT2D eigenvalue weighted by atomic mass is 19.1. The van der Waals surface area contributed by atoms with Crippen LogP contribution in [0.3, 0.4) is 0 Å². The predicted octanol–water partition coefficient (Wildman–Crippen LogP) is 2.77. The Kier molecular flexibility index (Phi) is 3.70. The lowest BCUT2D eigenvalue weighted by atomic mass is 10.2. The standard InChI is InChI=1S/C13H12FN3O2/c1-16(9-10-4-2-5-11(14)8-10)13-12(17(18)19)6-3-7-15-13/h2-8H,9H2,1H3. The summed E-state index contributed by atoms with van der Waals surface area (Å²) in [4.78, 5) is 16.1. The Hall–Kier alpha value is -2.50. The number of benzene rings is 1. The van der Waals surface area contributed by atoms with Crippen molar-refractivity contribution in [1.29, 1.82) is 0 Å². The van der Waals surface area contributed by atoms with Gasteiger partial charge in [0.2, 0.25) is 5.82 Å². The summed E-state index contributed by atoms with van der Waals surface area (Å²) in [6.07, 6.45) is 1.49. The van der Waals surface area contributed by atoms with E-state index >= 15 is 0 Å². The van der Waals surface area contributed by atoms with E-state index in [1.165, 1.54) is 30.5 Å². The second kappa shape index (κ2) is 5.43. The fourth-order valence-corrected chi connectivity index (χ4v) is 1.81. The Balaban J connectivity index is 2.25. The molecule has 1 aromatic carbocycles. The van der Waals surface area contributed by atoms with Crippen LogP contribution in [-0.2, 0) is 6.54 Å². The van der Waals surface area contributed by atoms with Gasteiger partial charge >= 0.3 is 5.69 Å². The maximum atomic E-state index is 13.1. The maximum Gasteiger partial charge on any atom is 0.311 e. The molecule has 0 spiro atoms. The van der Waals surface area contributed by atoms with Crippen molar-refractivity contribution in [3.8, 4) is 0 Å². The summed E-state index contributed by atoms with van der Waals surface area (Å²) in [5.74, 6) is -0.0711. The lowest BCUT2D eigenvalue weighted by Crippen LogP contribution is -2.19. The first-order valence-corrected chi connectivity index (χ1v) is 5.63. The van der Waals surface area contributed by atoms with Gasteiger partial charge in [-0.25, -0.2) is 9.37 Å². The molecule has 6 heteroatoms. The zero-order valence-electron chi connectivity index (χ0n) is 10.3. The van der Waals surface area contributed by atoms with Gasteiger partial charge in [0.25, 0.3) is 0 Å². The van der Waals surface area contributed by atoms with Crippen LogP contribution in [0.1, 0.15) is 5.56 Å². The second-order valence-electron chi connectivity index (χ2n) is 4.09. The topological polar surface area (TPSA) is 59.3 Å². The van der Waals surface area contributed by atoms with Crippen molar-refractivity contribution in [1.82, 2.24) is 4.98 Å². The summed E-state index contributed by atoms with van der Waals surface area (Å²) in [6.45, 7) is 0.343. The molecule has 0 fully saturated rings. The van der Waals surface area contributed by atoms with E-state index in [4.69, 9.17) is 0 Å². The van der Waals surface area contributed by atoms with E-state index in [1.807, 2.05) is 0 Å². The molecule has 0 aliphatic rings. The molecular weight excluding hydrogens is 249 g/mol. The monoisotopic (exact) mass is 261 g/mol. The number of rotatable bonds is 4. The van der Waals surface area contributed by atoms with Crippen LogP contribution in [0, 0.1) is 15.9 Å². The largest absolute Gasteiger partial charge is 0.350 e. The zero-order valence-corrected chi connectivity index (χ0v) is 10.3. The number of hydrogen-bond acceptors (Lipinski definition) is 4. The normalized spacial score (nSPS) is 10.2. The Bertz CT molecular complexity index is 604. The summed E-state index contributed by atoms with van der Waals surface area (Å²) in [5.41, 5.74) is 0.656. The predicted molar refractivity (Wildman–Crippen MR) is 69.4 cm³/mol. The smallest absolute Gasteiger partial charge is 0.311 e. The van der Waals surface area contributed by atoms with Crippen LogP contribution >= 0.6 is 0 Å². The Labute approximate surface area is 109 Å². The molecule has 0 N–H and O–H groups in total. The van der Waals surface area contributed by atoms with Gasteiger partial charge in [-0.15, -0.1) is 0 Å². The summed E-state index contributed by atoms with van der Waals surface area (Å²) >= 11 is 0. The maximum absolute atomic E-state index is 13.1. The molecule has 0 saturated carbocycles. The third kappa shape index (κ3) is 3.04. The van der Waals surface area contributed by atoms with Gasteiger partial charge in [-0.05, 0) is 23.8 Å². The summed E-state index contributed by atoms with van der Waals surface area (Å²) in [5, 5.41) is 10.9. The highest BCUT2D eigenvalue weighted by Crippen LogP contribution is 2.24. The molecule has 0 atom stereocenters. The third-order valence-corrected chi connectivity index (χ3v) is 2.63. The average molecular weight is 261 g/mol. The highest BCUT2D eigenvalue weighted by Gasteiger charge is 2.17.